The number of rotatable bonds is 6. The molecule has 3 aromatic rings. The Hall–Kier alpha value is -3.94. The average molecular weight is 437 g/mol. The third-order valence-corrected chi connectivity index (χ3v) is 5.54. The van der Waals surface area contributed by atoms with Gasteiger partial charge in [-0.2, -0.15) is 0 Å². The molecule has 164 valence electrons. The van der Waals surface area contributed by atoms with E-state index in [2.05, 4.69) is 6.58 Å². The first-order valence-corrected chi connectivity index (χ1v) is 9.95. The van der Waals surface area contributed by atoms with Crippen LogP contribution in [0.15, 0.2) is 65.6 Å². The van der Waals surface area contributed by atoms with Crippen molar-refractivity contribution in [3.63, 3.8) is 0 Å². The number of ether oxygens (including phenoxy) is 2. The number of cyclic esters (lactones) is 1. The van der Waals surface area contributed by atoms with Crippen LogP contribution >= 0.6 is 0 Å². The van der Waals surface area contributed by atoms with Crippen LogP contribution in [0.25, 0.3) is 10.9 Å². The molecule has 1 aromatic heterocycles. The quantitative estimate of drug-likeness (QED) is 0.467. The topological polar surface area (TPSA) is 94.8 Å². The highest BCUT2D eigenvalue weighted by atomic mass is 19.1. The number of carbonyl (C=O) groups is 2. The van der Waals surface area contributed by atoms with E-state index in [0.717, 1.165) is 6.07 Å². The van der Waals surface area contributed by atoms with Gasteiger partial charge < -0.3 is 19.1 Å². The highest BCUT2D eigenvalue weighted by Crippen LogP contribution is 2.40. The lowest BCUT2D eigenvalue weighted by Gasteiger charge is -2.28. The molecule has 7 nitrogen and oxygen atoms in total. The van der Waals surface area contributed by atoms with Crippen LogP contribution in [0.4, 0.5) is 4.39 Å². The number of fused-ring (bicyclic) bond motifs is 1. The molecule has 32 heavy (non-hydrogen) atoms. The first-order valence-electron chi connectivity index (χ1n) is 9.95. The van der Waals surface area contributed by atoms with Gasteiger partial charge in [0, 0.05) is 36.2 Å². The second-order valence-corrected chi connectivity index (χ2v) is 7.58. The van der Waals surface area contributed by atoms with Crippen molar-refractivity contribution in [3.05, 3.63) is 88.0 Å². The zero-order valence-corrected chi connectivity index (χ0v) is 17.3. The van der Waals surface area contributed by atoms with Gasteiger partial charge in [-0.3, -0.25) is 4.79 Å². The predicted octanol–water partition coefficient (Wildman–Crippen LogP) is 3.64. The minimum Gasteiger partial charge on any atom is -0.486 e. The zero-order valence-electron chi connectivity index (χ0n) is 17.3. The molecule has 0 saturated carbocycles. The van der Waals surface area contributed by atoms with Gasteiger partial charge in [0.05, 0.1) is 5.52 Å². The van der Waals surface area contributed by atoms with Gasteiger partial charge in [0.25, 0.3) is 0 Å². The fraction of sp³-hybridized carbons (Fsp3) is 0.208. The minimum absolute atomic E-state index is 0.0601. The van der Waals surface area contributed by atoms with E-state index in [9.17, 15) is 23.9 Å². The number of hydrogen-bond acceptors (Lipinski definition) is 5. The maximum Gasteiger partial charge on any atom is 0.341 e. The standard InChI is InChI=1S/C24H20FNO6/c1-3-26-12-17(22(28)29)21(27)16-9-18(25)20(10-19(16)26)31-13-24(11-14(2)23(30)32-24)15-7-5-4-6-8-15/h4-10,12H,2-3,11,13H2,1H3,(H,28,29). The van der Waals surface area contributed by atoms with Crippen LogP contribution in [0, 0.1) is 5.82 Å². The average Bonchev–Trinajstić information content (AvgIpc) is 3.08. The molecule has 4 rings (SSSR count). The number of carbonyl (C=O) groups excluding carboxylic acids is 1. The fourth-order valence-electron chi connectivity index (χ4n) is 3.88. The Balaban J connectivity index is 1.75. The molecule has 1 aliphatic rings. The summed E-state index contributed by atoms with van der Waals surface area (Å²) in [6.45, 7) is 5.69. The van der Waals surface area contributed by atoms with Gasteiger partial charge in [-0.15, -0.1) is 0 Å². The van der Waals surface area contributed by atoms with Crippen molar-refractivity contribution in [2.75, 3.05) is 6.61 Å². The molecule has 0 radical (unpaired) electrons. The van der Waals surface area contributed by atoms with Crippen molar-refractivity contribution in [1.29, 1.82) is 0 Å². The number of aromatic carboxylic acids is 1. The van der Waals surface area contributed by atoms with Crippen LogP contribution < -0.4 is 10.2 Å². The Morgan fingerprint density at radius 2 is 2.00 bits per heavy atom. The van der Waals surface area contributed by atoms with Gasteiger partial charge in [0.1, 0.15) is 12.2 Å². The monoisotopic (exact) mass is 437 g/mol. The van der Waals surface area contributed by atoms with Gasteiger partial charge in [0.15, 0.2) is 17.2 Å². The maximum atomic E-state index is 14.9. The predicted molar refractivity (Wildman–Crippen MR) is 114 cm³/mol. The second kappa shape index (κ2) is 7.96. The summed E-state index contributed by atoms with van der Waals surface area (Å²) < 4.78 is 27.8. The molecule has 1 atom stereocenters. The number of halogens is 1. The molecule has 0 spiro atoms. The first-order chi connectivity index (χ1) is 15.3. The summed E-state index contributed by atoms with van der Waals surface area (Å²) >= 11 is 0. The SMILES string of the molecule is C=C1CC(COc2cc3c(cc2F)c(=O)c(C(=O)O)cn3CC)(c2ccccc2)OC1=O. The van der Waals surface area contributed by atoms with Crippen molar-refractivity contribution < 1.29 is 28.6 Å². The number of hydrogen-bond donors (Lipinski definition) is 1. The smallest absolute Gasteiger partial charge is 0.341 e. The van der Waals surface area contributed by atoms with E-state index in [4.69, 9.17) is 9.47 Å². The Bertz CT molecular complexity index is 1300. The van der Waals surface area contributed by atoms with E-state index >= 15 is 0 Å². The second-order valence-electron chi connectivity index (χ2n) is 7.58. The molecule has 1 aliphatic heterocycles. The largest absolute Gasteiger partial charge is 0.486 e. The van der Waals surface area contributed by atoms with E-state index < -0.39 is 34.3 Å². The molecule has 0 amide bonds. The van der Waals surface area contributed by atoms with Crippen LogP contribution in [-0.4, -0.2) is 28.2 Å². The van der Waals surface area contributed by atoms with Crippen LogP contribution in [0.3, 0.4) is 0 Å². The minimum atomic E-state index is -1.38. The van der Waals surface area contributed by atoms with Crippen LogP contribution in [0.1, 0.15) is 29.3 Å². The van der Waals surface area contributed by atoms with Crippen LogP contribution in [-0.2, 0) is 21.7 Å². The number of esters is 1. The molecule has 0 bridgehead atoms. The van der Waals surface area contributed by atoms with E-state index in [1.165, 1.54) is 16.8 Å². The zero-order chi connectivity index (χ0) is 23.0. The maximum absolute atomic E-state index is 14.9. The lowest BCUT2D eigenvalue weighted by atomic mass is 9.90. The van der Waals surface area contributed by atoms with E-state index in [0.29, 0.717) is 17.6 Å². The number of aromatic nitrogens is 1. The molecule has 1 unspecified atom stereocenters. The summed E-state index contributed by atoms with van der Waals surface area (Å²) in [4.78, 5) is 36.0. The normalized spacial score (nSPS) is 18.1. The number of carboxylic acids is 1. The summed E-state index contributed by atoms with van der Waals surface area (Å²) in [5.41, 5.74) is -1.06. The molecular formula is C24H20FNO6. The van der Waals surface area contributed by atoms with Gasteiger partial charge in [-0.25, -0.2) is 14.0 Å². The van der Waals surface area contributed by atoms with Crippen molar-refractivity contribution in [2.45, 2.75) is 25.5 Å². The summed E-state index contributed by atoms with van der Waals surface area (Å²) in [5.74, 6) is -2.90. The van der Waals surface area contributed by atoms with Gasteiger partial charge in [-0.1, -0.05) is 36.9 Å². The summed E-state index contributed by atoms with van der Waals surface area (Å²) in [7, 11) is 0. The Labute approximate surface area is 182 Å². The highest BCUT2D eigenvalue weighted by Gasteiger charge is 2.45. The van der Waals surface area contributed by atoms with Crippen LogP contribution in [0.5, 0.6) is 5.75 Å². The Kier molecular flexibility index (Phi) is 5.30. The molecule has 1 N–H and O–H groups in total. The fourth-order valence-corrected chi connectivity index (χ4v) is 3.88. The molecule has 1 saturated heterocycles. The molecule has 2 aromatic carbocycles. The lowest BCUT2D eigenvalue weighted by molar-refractivity contribution is -0.150. The van der Waals surface area contributed by atoms with Gasteiger partial charge in [-0.05, 0) is 18.6 Å². The molecule has 2 heterocycles. The van der Waals surface area contributed by atoms with Crippen molar-refractivity contribution in [2.24, 2.45) is 0 Å². The van der Waals surface area contributed by atoms with E-state index in [1.54, 1.807) is 31.2 Å². The third-order valence-electron chi connectivity index (χ3n) is 5.54. The summed E-state index contributed by atoms with van der Waals surface area (Å²) in [6.07, 6.45) is 1.41. The summed E-state index contributed by atoms with van der Waals surface area (Å²) in [5, 5.41) is 9.21. The summed E-state index contributed by atoms with van der Waals surface area (Å²) in [6, 6.07) is 11.3. The number of benzene rings is 2. The Morgan fingerprint density at radius 1 is 1.28 bits per heavy atom. The van der Waals surface area contributed by atoms with Gasteiger partial charge in [0.2, 0.25) is 5.43 Å². The van der Waals surface area contributed by atoms with Gasteiger partial charge >= 0.3 is 11.9 Å². The third kappa shape index (κ3) is 3.53. The molecule has 0 aliphatic carbocycles. The number of aryl methyl sites for hydroxylation is 1. The van der Waals surface area contributed by atoms with Crippen molar-refractivity contribution in [3.8, 4) is 5.75 Å². The first kappa shape index (κ1) is 21.3. The lowest BCUT2D eigenvalue weighted by Crippen LogP contribution is -2.33. The number of carboxylic acid groups (broad SMARTS) is 1. The highest BCUT2D eigenvalue weighted by molar-refractivity contribution is 5.93. The number of pyridine rings is 1. The van der Waals surface area contributed by atoms with Crippen molar-refractivity contribution in [1.82, 2.24) is 4.57 Å². The number of nitrogens with zero attached hydrogens (tertiary/aromatic N) is 1. The van der Waals surface area contributed by atoms with Crippen molar-refractivity contribution >= 4 is 22.8 Å². The van der Waals surface area contributed by atoms with Crippen LogP contribution in [0.2, 0.25) is 0 Å². The molecule has 8 heteroatoms. The molecular weight excluding hydrogens is 417 g/mol. The Morgan fingerprint density at radius 3 is 2.59 bits per heavy atom. The molecule has 1 fully saturated rings. The van der Waals surface area contributed by atoms with E-state index in [1.807, 2.05) is 6.07 Å². The van der Waals surface area contributed by atoms with E-state index in [-0.39, 0.29) is 29.7 Å².